The second-order valence-corrected chi connectivity index (χ2v) is 7.38. The number of nitrogens with zero attached hydrogens (tertiary/aromatic N) is 1. The Morgan fingerprint density at radius 3 is 2.63 bits per heavy atom. The van der Waals surface area contributed by atoms with E-state index in [4.69, 9.17) is 0 Å². The maximum atomic E-state index is 11.1. The average molecular weight is 271 g/mol. The van der Waals surface area contributed by atoms with E-state index in [1.54, 1.807) is 0 Å². The molecular weight excluding hydrogens is 254 g/mol. The lowest BCUT2D eigenvalue weighted by Gasteiger charge is -2.36. The molecule has 2 aromatic rings. The van der Waals surface area contributed by atoms with Crippen LogP contribution in [0.1, 0.15) is 31.4 Å². The van der Waals surface area contributed by atoms with Crippen molar-refractivity contribution < 1.29 is 5.11 Å². The fourth-order valence-electron chi connectivity index (χ4n) is 3.60. The first-order valence-corrected chi connectivity index (χ1v) is 7.91. The van der Waals surface area contributed by atoms with Crippen molar-refractivity contribution in [2.24, 2.45) is 0 Å². The van der Waals surface area contributed by atoms with E-state index in [9.17, 15) is 5.11 Å². The second-order valence-electron chi connectivity index (χ2n) is 5.78. The smallest absolute Gasteiger partial charge is 0.109 e. The molecular formula is C16H17NOS. The largest absolute Gasteiger partial charge is 0.383 e. The van der Waals surface area contributed by atoms with Crippen molar-refractivity contribution in [3.8, 4) is 0 Å². The molecule has 2 aliphatic rings. The predicted molar refractivity (Wildman–Crippen MR) is 79.3 cm³/mol. The van der Waals surface area contributed by atoms with Gasteiger partial charge >= 0.3 is 0 Å². The zero-order chi connectivity index (χ0) is 12.9. The summed E-state index contributed by atoms with van der Waals surface area (Å²) in [5.41, 5.74) is 0.167. The topological polar surface area (TPSA) is 33.1 Å². The van der Waals surface area contributed by atoms with Gasteiger partial charge in [0.15, 0.2) is 0 Å². The Balaban J connectivity index is 1.85. The zero-order valence-corrected chi connectivity index (χ0v) is 11.6. The van der Waals surface area contributed by atoms with Gasteiger partial charge in [0, 0.05) is 22.1 Å². The van der Waals surface area contributed by atoms with Crippen LogP contribution in [-0.4, -0.2) is 20.6 Å². The number of hydrogen-bond donors (Lipinski definition) is 1. The molecule has 98 valence electrons. The molecule has 0 aliphatic carbocycles. The predicted octanol–water partition coefficient (Wildman–Crippen LogP) is 3.48. The van der Waals surface area contributed by atoms with Crippen molar-refractivity contribution >= 4 is 22.5 Å². The lowest BCUT2D eigenvalue weighted by Crippen LogP contribution is -2.35. The molecule has 0 amide bonds. The lowest BCUT2D eigenvalue weighted by atomic mass is 9.87. The van der Waals surface area contributed by atoms with E-state index in [0.717, 1.165) is 23.9 Å². The first-order valence-electron chi connectivity index (χ1n) is 6.97. The molecule has 0 radical (unpaired) electrons. The highest BCUT2D eigenvalue weighted by Gasteiger charge is 2.45. The monoisotopic (exact) mass is 271 g/mol. The fourth-order valence-corrected chi connectivity index (χ4v) is 5.43. The maximum Gasteiger partial charge on any atom is 0.109 e. The summed E-state index contributed by atoms with van der Waals surface area (Å²) in [4.78, 5) is 4.54. The second kappa shape index (κ2) is 4.22. The van der Waals surface area contributed by atoms with Gasteiger partial charge in [-0.1, -0.05) is 24.3 Å². The van der Waals surface area contributed by atoms with Crippen LogP contribution in [0.25, 0.3) is 10.8 Å². The molecule has 1 N–H and O–H groups in total. The molecule has 2 nitrogen and oxygen atoms in total. The van der Waals surface area contributed by atoms with Crippen molar-refractivity contribution in [1.29, 1.82) is 0 Å². The standard InChI is InChI=1S/C16H17NOS/c18-16(9-12-5-6-13(10-16)19-12)15-14-4-2-1-3-11(14)7-8-17-15/h1-4,7-8,12-13,18H,5-6,9-10H2. The number of aliphatic hydroxyl groups is 1. The van der Waals surface area contributed by atoms with Gasteiger partial charge in [0.1, 0.15) is 5.60 Å². The van der Waals surface area contributed by atoms with Crippen LogP contribution in [0.2, 0.25) is 0 Å². The van der Waals surface area contributed by atoms with Crippen molar-refractivity contribution in [3.05, 3.63) is 42.2 Å². The summed E-state index contributed by atoms with van der Waals surface area (Å²) in [6.07, 6.45) is 6.05. The van der Waals surface area contributed by atoms with E-state index in [2.05, 4.69) is 28.9 Å². The van der Waals surface area contributed by atoms with Crippen LogP contribution in [0.15, 0.2) is 36.5 Å². The summed E-state index contributed by atoms with van der Waals surface area (Å²) in [6.45, 7) is 0. The lowest BCUT2D eigenvalue weighted by molar-refractivity contribution is 0.0170. The Morgan fingerprint density at radius 2 is 1.84 bits per heavy atom. The van der Waals surface area contributed by atoms with Gasteiger partial charge in [-0.15, -0.1) is 0 Å². The molecule has 2 bridgehead atoms. The maximum absolute atomic E-state index is 11.1. The molecule has 1 aromatic heterocycles. The Morgan fingerprint density at radius 1 is 1.11 bits per heavy atom. The van der Waals surface area contributed by atoms with Gasteiger partial charge in [0.2, 0.25) is 0 Å². The van der Waals surface area contributed by atoms with E-state index in [1.165, 1.54) is 18.2 Å². The quantitative estimate of drug-likeness (QED) is 0.862. The fraction of sp³-hybridized carbons (Fsp3) is 0.438. The van der Waals surface area contributed by atoms with E-state index in [1.807, 2.05) is 24.4 Å². The van der Waals surface area contributed by atoms with E-state index in [0.29, 0.717) is 10.5 Å². The Labute approximate surface area is 117 Å². The molecule has 0 saturated carbocycles. The third kappa shape index (κ3) is 1.87. The molecule has 2 unspecified atom stereocenters. The van der Waals surface area contributed by atoms with Gasteiger partial charge in [-0.05, 0) is 37.1 Å². The van der Waals surface area contributed by atoms with Crippen LogP contribution in [-0.2, 0) is 5.60 Å². The van der Waals surface area contributed by atoms with Crippen LogP contribution in [0.5, 0.6) is 0 Å². The van der Waals surface area contributed by atoms with Crippen molar-refractivity contribution in [1.82, 2.24) is 4.98 Å². The summed E-state index contributed by atoms with van der Waals surface area (Å²) < 4.78 is 0. The van der Waals surface area contributed by atoms with Gasteiger partial charge in [-0.25, -0.2) is 0 Å². The highest BCUT2D eigenvalue weighted by Crippen LogP contribution is 2.51. The van der Waals surface area contributed by atoms with Gasteiger partial charge in [0.25, 0.3) is 0 Å². The first kappa shape index (κ1) is 11.7. The molecule has 2 fully saturated rings. The van der Waals surface area contributed by atoms with Crippen LogP contribution in [0, 0.1) is 0 Å². The number of thioether (sulfide) groups is 1. The van der Waals surface area contributed by atoms with Crippen molar-refractivity contribution in [2.75, 3.05) is 0 Å². The third-order valence-electron chi connectivity index (χ3n) is 4.44. The molecule has 2 saturated heterocycles. The summed E-state index contributed by atoms with van der Waals surface area (Å²) >= 11 is 2.07. The number of pyridine rings is 1. The van der Waals surface area contributed by atoms with Crippen molar-refractivity contribution in [2.45, 2.75) is 41.8 Å². The number of fused-ring (bicyclic) bond motifs is 3. The van der Waals surface area contributed by atoms with Crippen LogP contribution < -0.4 is 0 Å². The minimum Gasteiger partial charge on any atom is -0.383 e. The Hall–Kier alpha value is -1.06. The summed E-state index contributed by atoms with van der Waals surface area (Å²) in [5, 5.41) is 14.7. The van der Waals surface area contributed by atoms with Gasteiger partial charge < -0.3 is 5.11 Å². The molecule has 19 heavy (non-hydrogen) atoms. The normalized spacial score (nSPS) is 33.7. The number of rotatable bonds is 1. The summed E-state index contributed by atoms with van der Waals surface area (Å²) in [5.74, 6) is 0. The molecule has 0 spiro atoms. The molecule has 4 rings (SSSR count). The van der Waals surface area contributed by atoms with Gasteiger partial charge in [-0.3, -0.25) is 4.98 Å². The van der Waals surface area contributed by atoms with Crippen LogP contribution >= 0.6 is 11.8 Å². The number of aromatic nitrogens is 1. The minimum absolute atomic E-state index is 0.615. The Kier molecular flexibility index (Phi) is 2.61. The van der Waals surface area contributed by atoms with Gasteiger partial charge in [0.05, 0.1) is 5.69 Å². The SMILES string of the molecule is OC1(c2nccc3ccccc23)CC2CCC(C1)S2. The van der Waals surface area contributed by atoms with E-state index < -0.39 is 5.60 Å². The average Bonchev–Trinajstić information content (AvgIpc) is 2.78. The molecule has 1 aromatic carbocycles. The summed E-state index contributed by atoms with van der Waals surface area (Å²) in [7, 11) is 0. The van der Waals surface area contributed by atoms with Crippen LogP contribution in [0.3, 0.4) is 0 Å². The molecule has 3 heterocycles. The Bertz CT molecular complexity index is 610. The number of benzene rings is 1. The van der Waals surface area contributed by atoms with Crippen LogP contribution in [0.4, 0.5) is 0 Å². The first-order chi connectivity index (χ1) is 9.24. The molecule has 2 atom stereocenters. The minimum atomic E-state index is -0.724. The number of hydrogen-bond acceptors (Lipinski definition) is 3. The van der Waals surface area contributed by atoms with E-state index in [-0.39, 0.29) is 0 Å². The van der Waals surface area contributed by atoms with E-state index >= 15 is 0 Å². The highest BCUT2D eigenvalue weighted by molar-refractivity contribution is 8.00. The molecule has 2 aliphatic heterocycles. The summed E-state index contributed by atoms with van der Waals surface area (Å²) in [6, 6.07) is 10.3. The highest BCUT2D eigenvalue weighted by atomic mass is 32.2. The zero-order valence-electron chi connectivity index (χ0n) is 10.7. The third-order valence-corrected chi connectivity index (χ3v) is 6.02. The van der Waals surface area contributed by atoms with Gasteiger partial charge in [-0.2, -0.15) is 11.8 Å². The molecule has 3 heteroatoms. The van der Waals surface area contributed by atoms with Crippen molar-refractivity contribution in [3.63, 3.8) is 0 Å².